The third-order valence-corrected chi connectivity index (χ3v) is 9.04. The molecule has 0 atom stereocenters. The van der Waals surface area contributed by atoms with Crippen LogP contribution in [0.2, 0.25) is 0 Å². The quantitative estimate of drug-likeness (QED) is 0.199. The van der Waals surface area contributed by atoms with Crippen molar-refractivity contribution < 1.29 is 4.42 Å². The molecule has 0 spiro atoms. The lowest BCUT2D eigenvalue weighted by Crippen LogP contribution is -2.09. The summed E-state index contributed by atoms with van der Waals surface area (Å²) in [5.41, 5.74) is 9.78. The van der Waals surface area contributed by atoms with Crippen LogP contribution in [-0.4, -0.2) is 0 Å². The van der Waals surface area contributed by atoms with Crippen molar-refractivity contribution in [2.45, 2.75) is 0 Å². The molecule has 0 aliphatic carbocycles. The largest absolute Gasteiger partial charge is 0.455 e. The molecule has 9 rings (SSSR count). The monoisotopic (exact) mass is 587 g/mol. The van der Waals surface area contributed by atoms with E-state index < -0.39 is 0 Å². The van der Waals surface area contributed by atoms with Crippen LogP contribution in [0.1, 0.15) is 0 Å². The van der Waals surface area contributed by atoms with E-state index in [0.29, 0.717) is 0 Å². The first-order valence-corrected chi connectivity index (χ1v) is 15.7. The molecular weight excluding hydrogens is 558 g/mol. The van der Waals surface area contributed by atoms with Crippen molar-refractivity contribution in [3.8, 4) is 22.3 Å². The minimum atomic E-state index is 0.913. The summed E-state index contributed by atoms with van der Waals surface area (Å²) in [5.74, 6) is 0. The number of para-hydroxylation sites is 2. The normalized spacial score (nSPS) is 11.5. The van der Waals surface area contributed by atoms with Gasteiger partial charge < -0.3 is 9.32 Å². The average Bonchev–Trinajstić information content (AvgIpc) is 3.51. The highest BCUT2D eigenvalue weighted by atomic mass is 16.3. The maximum Gasteiger partial charge on any atom is 0.143 e. The molecule has 1 heterocycles. The Hall–Kier alpha value is -6.12. The minimum Gasteiger partial charge on any atom is -0.455 e. The summed E-state index contributed by atoms with van der Waals surface area (Å²) in [5, 5.41) is 7.23. The Kier molecular flexibility index (Phi) is 6.17. The number of benzene rings is 8. The summed E-state index contributed by atoms with van der Waals surface area (Å²) in [4.78, 5) is 2.34. The average molecular weight is 588 g/mol. The highest BCUT2D eigenvalue weighted by Gasteiger charge is 2.16. The zero-order chi connectivity index (χ0) is 30.5. The number of furan rings is 1. The van der Waals surface area contributed by atoms with Crippen LogP contribution in [-0.2, 0) is 0 Å². The van der Waals surface area contributed by atoms with E-state index in [1.807, 2.05) is 12.1 Å². The van der Waals surface area contributed by atoms with Crippen molar-refractivity contribution in [1.82, 2.24) is 0 Å². The van der Waals surface area contributed by atoms with Gasteiger partial charge in [0.1, 0.15) is 11.2 Å². The van der Waals surface area contributed by atoms with Crippen LogP contribution >= 0.6 is 0 Å². The summed E-state index contributed by atoms with van der Waals surface area (Å²) < 4.78 is 6.36. The molecule has 0 aliphatic heterocycles. The number of fused-ring (bicyclic) bond motifs is 5. The van der Waals surface area contributed by atoms with Crippen LogP contribution in [0.4, 0.5) is 17.1 Å². The highest BCUT2D eigenvalue weighted by Crippen LogP contribution is 2.40. The molecule has 0 unspecified atom stereocenters. The molecule has 0 fully saturated rings. The fourth-order valence-electron chi connectivity index (χ4n) is 6.70. The Balaban J connectivity index is 1.13. The number of nitrogens with zero attached hydrogens (tertiary/aromatic N) is 1. The van der Waals surface area contributed by atoms with E-state index in [0.717, 1.165) is 50.1 Å². The molecule has 0 aliphatic rings. The molecule has 0 N–H and O–H groups in total. The predicted octanol–water partition coefficient (Wildman–Crippen LogP) is 12.7. The first-order chi connectivity index (χ1) is 22.8. The molecule has 1 aromatic heterocycles. The van der Waals surface area contributed by atoms with E-state index in [2.05, 4.69) is 169 Å². The van der Waals surface area contributed by atoms with E-state index in [9.17, 15) is 0 Å². The Bertz CT molecular complexity index is 2520. The van der Waals surface area contributed by atoms with Crippen LogP contribution in [0.5, 0.6) is 0 Å². The number of hydrogen-bond acceptors (Lipinski definition) is 2. The third-order valence-electron chi connectivity index (χ3n) is 9.04. The molecule has 9 aromatic rings. The van der Waals surface area contributed by atoms with Crippen molar-refractivity contribution >= 4 is 60.5 Å². The van der Waals surface area contributed by atoms with Gasteiger partial charge in [0.25, 0.3) is 0 Å². The minimum absolute atomic E-state index is 0.913. The number of hydrogen-bond donors (Lipinski definition) is 0. The first-order valence-electron chi connectivity index (χ1n) is 15.7. The summed E-state index contributed by atoms with van der Waals surface area (Å²) in [6.07, 6.45) is 0. The SMILES string of the molecule is c1ccc2cc(-c3ccc(N(c4ccc(-c5cccc6c5oc5ccccc56)cc4)c4ccc5ccccc5c4)cc3)ccc2c1. The second kappa shape index (κ2) is 10.8. The summed E-state index contributed by atoms with van der Waals surface area (Å²) in [6, 6.07) is 62.8. The van der Waals surface area contributed by atoms with Gasteiger partial charge in [0.2, 0.25) is 0 Å². The van der Waals surface area contributed by atoms with Crippen LogP contribution in [0.25, 0.3) is 65.7 Å². The molecule has 0 bridgehead atoms. The summed E-state index contributed by atoms with van der Waals surface area (Å²) in [7, 11) is 0. The van der Waals surface area contributed by atoms with E-state index in [-0.39, 0.29) is 0 Å². The van der Waals surface area contributed by atoms with E-state index in [4.69, 9.17) is 4.42 Å². The molecule has 216 valence electrons. The highest BCUT2D eigenvalue weighted by molar-refractivity contribution is 6.09. The van der Waals surface area contributed by atoms with Crippen molar-refractivity contribution in [3.63, 3.8) is 0 Å². The molecule has 46 heavy (non-hydrogen) atoms. The molecule has 0 radical (unpaired) electrons. The first kappa shape index (κ1) is 26.3. The van der Waals surface area contributed by atoms with Crippen LogP contribution in [0.15, 0.2) is 180 Å². The molecule has 2 heteroatoms. The Morgan fingerprint density at radius 3 is 1.63 bits per heavy atom. The lowest BCUT2D eigenvalue weighted by molar-refractivity contribution is 0.670. The van der Waals surface area contributed by atoms with Crippen molar-refractivity contribution in [2.24, 2.45) is 0 Å². The smallest absolute Gasteiger partial charge is 0.143 e. The Morgan fingerprint density at radius 2 is 0.891 bits per heavy atom. The van der Waals surface area contributed by atoms with E-state index >= 15 is 0 Å². The molecular formula is C44H29NO. The molecule has 8 aromatic carbocycles. The van der Waals surface area contributed by atoms with Crippen LogP contribution in [0, 0.1) is 0 Å². The fraction of sp³-hybridized carbons (Fsp3) is 0. The summed E-state index contributed by atoms with van der Waals surface area (Å²) in [6.45, 7) is 0. The molecule has 0 saturated carbocycles. The maximum atomic E-state index is 6.36. The number of anilines is 3. The standard InChI is InChI=1S/C44H29NO/c1-3-10-34-28-36(17-16-30(34)8-1)32-18-23-37(24-19-32)45(39-27-20-31-9-2-4-11-35(31)29-39)38-25-21-33(22-26-38)40-13-7-14-42-41-12-5-6-15-43(41)46-44(40)42/h1-29H. The third kappa shape index (κ3) is 4.51. The zero-order valence-corrected chi connectivity index (χ0v) is 25.1. The van der Waals surface area contributed by atoms with Gasteiger partial charge in [-0.2, -0.15) is 0 Å². The fourth-order valence-corrected chi connectivity index (χ4v) is 6.70. The van der Waals surface area contributed by atoms with Crippen LogP contribution < -0.4 is 4.90 Å². The van der Waals surface area contributed by atoms with Gasteiger partial charge in [0.05, 0.1) is 0 Å². The van der Waals surface area contributed by atoms with Crippen molar-refractivity contribution in [3.05, 3.63) is 176 Å². The maximum absolute atomic E-state index is 6.36. The van der Waals surface area contributed by atoms with Crippen LogP contribution in [0.3, 0.4) is 0 Å². The van der Waals surface area contributed by atoms with Gasteiger partial charge in [-0.05, 0) is 86.8 Å². The summed E-state index contributed by atoms with van der Waals surface area (Å²) >= 11 is 0. The lowest BCUT2D eigenvalue weighted by Gasteiger charge is -2.26. The Morgan fingerprint density at radius 1 is 0.348 bits per heavy atom. The predicted molar refractivity (Wildman–Crippen MR) is 194 cm³/mol. The molecule has 0 amide bonds. The van der Waals surface area contributed by atoms with Crippen molar-refractivity contribution in [1.29, 1.82) is 0 Å². The van der Waals surface area contributed by atoms with Crippen molar-refractivity contribution in [2.75, 3.05) is 4.90 Å². The molecule has 2 nitrogen and oxygen atoms in total. The van der Waals surface area contributed by atoms with Gasteiger partial charge in [-0.1, -0.05) is 127 Å². The second-order valence-electron chi connectivity index (χ2n) is 11.8. The van der Waals surface area contributed by atoms with Gasteiger partial charge in [0.15, 0.2) is 0 Å². The second-order valence-corrected chi connectivity index (χ2v) is 11.8. The Labute approximate surface area is 267 Å². The van der Waals surface area contributed by atoms with E-state index in [1.165, 1.54) is 32.7 Å². The lowest BCUT2D eigenvalue weighted by atomic mass is 10.0. The topological polar surface area (TPSA) is 16.4 Å². The van der Waals surface area contributed by atoms with Gasteiger partial charge >= 0.3 is 0 Å². The molecule has 0 saturated heterocycles. The number of rotatable bonds is 5. The van der Waals surface area contributed by atoms with Gasteiger partial charge in [-0.25, -0.2) is 0 Å². The van der Waals surface area contributed by atoms with Gasteiger partial charge in [0, 0.05) is 33.4 Å². The van der Waals surface area contributed by atoms with E-state index in [1.54, 1.807) is 0 Å². The van der Waals surface area contributed by atoms with Gasteiger partial charge in [-0.3, -0.25) is 0 Å². The zero-order valence-electron chi connectivity index (χ0n) is 25.1. The van der Waals surface area contributed by atoms with Gasteiger partial charge in [-0.15, -0.1) is 0 Å².